The molecule has 1 aliphatic rings. The molecule has 0 amide bonds. The smallest absolute Gasteiger partial charge is 0.270 e. The minimum absolute atomic E-state index is 0. The van der Waals surface area contributed by atoms with E-state index in [2.05, 4.69) is 9.47 Å². The fourth-order valence-electron chi connectivity index (χ4n) is 0.613. The molecule has 0 radical (unpaired) electrons. The van der Waals surface area contributed by atoms with Gasteiger partial charge in [0, 0.05) is 11.0 Å². The molecule has 0 aromatic heterocycles. The Morgan fingerprint density at radius 2 is 1.35 bits per heavy atom. The van der Waals surface area contributed by atoms with Crippen molar-refractivity contribution in [3.8, 4) is 0 Å². The van der Waals surface area contributed by atoms with Crippen LogP contribution in [-0.2, 0) is 28.9 Å². The first kappa shape index (κ1) is 36.6. The molecule has 1 aliphatic heterocycles. The number of aliphatic hydroxyl groups is 1. The summed E-state index contributed by atoms with van der Waals surface area (Å²) in [5.41, 5.74) is 0. The van der Waals surface area contributed by atoms with Gasteiger partial charge in [0.15, 0.2) is 13.5 Å². The van der Waals surface area contributed by atoms with Crippen LogP contribution in [0.3, 0.4) is 0 Å². The molecule has 6 nitrogen and oxygen atoms in total. The van der Waals surface area contributed by atoms with Gasteiger partial charge in [-0.15, -0.1) is 0 Å². The fourth-order valence-corrected chi connectivity index (χ4v) is 0.613. The van der Waals surface area contributed by atoms with Crippen molar-refractivity contribution in [1.29, 1.82) is 0 Å². The third-order valence-corrected chi connectivity index (χ3v) is 1.35. The maximum atomic E-state index is 12.7. The van der Waals surface area contributed by atoms with Gasteiger partial charge in [-0.05, 0) is 6.92 Å². The summed E-state index contributed by atoms with van der Waals surface area (Å²) in [5, 5.41) is 6.90. The zero-order valence-corrected chi connectivity index (χ0v) is 32.3. The summed E-state index contributed by atoms with van der Waals surface area (Å²) in [4.78, 5) is 0. The van der Waals surface area contributed by atoms with Crippen LogP contribution in [0.2, 0.25) is 0 Å². The maximum absolute atomic E-state index is 12.7. The summed E-state index contributed by atoms with van der Waals surface area (Å²) >= 11 is 0. The van der Waals surface area contributed by atoms with E-state index in [0.717, 1.165) is 0 Å². The van der Waals surface area contributed by atoms with E-state index in [9.17, 15) is 26.3 Å². The molecule has 1 fully saturated rings. The quantitative estimate of drug-likeness (QED) is 0.138. The van der Waals surface area contributed by atoms with Crippen molar-refractivity contribution in [1.82, 2.24) is 0 Å². The summed E-state index contributed by atoms with van der Waals surface area (Å²) in [6.07, 6.45) is 0. The van der Waals surface area contributed by atoms with E-state index in [-0.39, 0.29) is 0 Å². The van der Waals surface area contributed by atoms with E-state index < -0.39 is 42.8 Å². The topological polar surface area (TPSA) is 93.1 Å². The van der Waals surface area contributed by atoms with Crippen LogP contribution in [0.15, 0.2) is 0 Å². The van der Waals surface area contributed by atoms with Gasteiger partial charge in [-0.2, -0.15) is 0 Å². The second-order valence-corrected chi connectivity index (χ2v) is 2.99. The molecule has 1 saturated heterocycles. The van der Waals surface area contributed by atoms with E-state index in [4.69, 9.17) is 18.1 Å². The van der Waals surface area contributed by atoms with Crippen molar-refractivity contribution >= 4 is 11.0 Å². The van der Waals surface area contributed by atoms with Crippen LogP contribution in [0.5, 0.6) is 0 Å². The van der Waals surface area contributed by atoms with Crippen LogP contribution >= 0.6 is 0 Å². The Morgan fingerprint density at radius 1 is 1.09 bits per heavy atom. The largest absolute Gasteiger partial charge is 0.459 e. The van der Waals surface area contributed by atoms with Gasteiger partial charge in [0.1, 0.15) is 0 Å². The minimum Gasteiger partial charge on any atom is -0.459 e. The molecule has 0 aliphatic carbocycles. The number of hydrogen-bond acceptors (Lipinski definition) is 6. The molecular weight excluding hydrogens is 1130 g/mol. The molecule has 0 aromatic rings. The Morgan fingerprint density at radius 3 is 1.43 bits per heavy atom. The van der Waals surface area contributed by atoms with Crippen LogP contribution in [0.1, 0.15) is 6.92 Å². The van der Waals surface area contributed by atoms with E-state index in [1.807, 2.05) is 0 Å². The van der Waals surface area contributed by atoms with Crippen molar-refractivity contribution in [2.75, 3.05) is 20.7 Å². The predicted octanol–water partition coefficient (Wildman–Crippen LogP) is 2.03. The number of ether oxygens (including phenoxy) is 2. The van der Waals surface area contributed by atoms with Gasteiger partial charge in [0.25, 0.3) is 5.85 Å². The summed E-state index contributed by atoms with van der Waals surface area (Å²) in [6.45, 7) is -4.32. The first-order valence-electron chi connectivity index (χ1n) is 4.23. The van der Waals surface area contributed by atoms with Crippen molar-refractivity contribution < 1.29 is 53.9 Å². The second kappa shape index (κ2) is 16.4. The standard InChI is InChI=1S/C5H5F4O2.CH3FO.CH3F.HO3S.3Rf/c1-4(8)5(9,2-6)11-3(7)10-4;2-1-3;1-2;1-4(2)3;;;/h2H2,1H3;3H,1H2;1H3;(H,1,2,3);;;/q-1;;;-1;;;. The Hall–Kier alpha value is -3.63. The monoisotopic (exact) mass is 1140 g/mol. The van der Waals surface area contributed by atoms with Crippen LogP contribution in [-0.4, -0.2) is 42.1 Å². The maximum Gasteiger partial charge on any atom is 0.270 e. The van der Waals surface area contributed by atoms with Gasteiger partial charge in [0.2, 0.25) is 5.85 Å². The molecule has 0 bridgehead atoms. The minimum atomic E-state index is -3.36. The van der Waals surface area contributed by atoms with Crippen molar-refractivity contribution in [2.45, 2.75) is 18.6 Å². The van der Waals surface area contributed by atoms with Gasteiger partial charge in [0.05, 0.1) is 13.7 Å². The summed E-state index contributed by atoms with van der Waals surface area (Å²) in [7, 11) is -2.36. The Labute approximate surface area is 112 Å². The van der Waals surface area contributed by atoms with Crippen molar-refractivity contribution in [3.63, 3.8) is 0 Å². The van der Waals surface area contributed by atoms with Gasteiger partial charge in [-0.1, -0.05) is 0 Å². The molecule has 0 aromatic carbocycles. The number of alkyl halides is 5. The molecule has 1 rings (SSSR count). The second-order valence-electron chi connectivity index (χ2n) is 2.56. The van der Waals surface area contributed by atoms with E-state index in [1.54, 1.807) is 0 Å². The van der Waals surface area contributed by atoms with E-state index in [0.29, 0.717) is 14.1 Å². The summed E-state index contributed by atoms with van der Waals surface area (Å²) in [5.74, 6) is -6.47. The fraction of sp³-hybridized carbons (Fsp3) is 0.857. The number of hydrogen-bond donors (Lipinski definition) is 2. The van der Waals surface area contributed by atoms with Crippen LogP contribution < -0.4 is 0 Å². The van der Waals surface area contributed by atoms with Crippen molar-refractivity contribution in [3.05, 3.63) is 6.54 Å². The SMILES string of the molecule is CC1(F)O[C-](F)OC1(F)CF.CF.O=[S-](=O)O.OCF.[Rf].[Rf].[Rf]. The predicted molar refractivity (Wildman–Crippen MR) is 52.4 cm³/mol. The molecule has 1 heterocycles. The van der Waals surface area contributed by atoms with Crippen LogP contribution in [0.4, 0.5) is 26.3 Å². The average molecular weight is 1140 g/mol. The Kier molecular flexibility index (Phi) is 26.1. The third-order valence-electron chi connectivity index (χ3n) is 1.35. The van der Waals surface area contributed by atoms with E-state index >= 15 is 0 Å². The van der Waals surface area contributed by atoms with Gasteiger partial charge >= 0.3 is 0 Å². The number of halogens is 6. The first-order chi connectivity index (χ1) is 9.06. The van der Waals surface area contributed by atoms with Crippen molar-refractivity contribution in [2.24, 2.45) is 0 Å². The zero-order valence-electron chi connectivity index (χ0n) is 12.2. The van der Waals surface area contributed by atoms with Gasteiger partial charge in [-0.3, -0.25) is 4.39 Å². The third kappa shape index (κ3) is 14.6. The summed E-state index contributed by atoms with van der Waals surface area (Å²) in [6, 6.07) is 0. The summed E-state index contributed by atoms with van der Waals surface area (Å²) < 4.78 is 99.6. The van der Waals surface area contributed by atoms with Gasteiger partial charge < -0.3 is 31.9 Å². The average Bonchev–Trinajstić information content (AvgIpc) is 2.51. The van der Waals surface area contributed by atoms with E-state index in [1.165, 1.54) is 0 Å². The normalized spacial score (nSPS) is 24.8. The molecular formula is C7H12F6O6Rf3S-2. The van der Waals surface area contributed by atoms with Gasteiger partial charge in [-0.25, -0.2) is 17.6 Å². The Bertz CT molecular complexity index is 308. The zero-order chi connectivity index (χ0) is 17.0. The first-order valence-corrected chi connectivity index (χ1v) is 5.26. The van der Waals surface area contributed by atoms with Crippen LogP contribution in [0, 0.1) is 6.54 Å². The van der Waals surface area contributed by atoms with Crippen LogP contribution in [0.25, 0.3) is 0 Å². The molecule has 0 spiro atoms. The molecule has 132 valence electrons. The molecule has 2 atom stereocenters. The molecule has 2 N–H and O–H groups in total. The Balaban J connectivity index is -0.0000000519. The molecule has 23 heavy (non-hydrogen) atoms. The number of rotatable bonds is 1. The number of aliphatic hydroxyl groups excluding tert-OH is 1. The molecule has 2 unspecified atom stereocenters. The molecule has 0 saturated carbocycles. The molecule has 16 heteroatoms.